The summed E-state index contributed by atoms with van der Waals surface area (Å²) in [7, 11) is 0. The summed E-state index contributed by atoms with van der Waals surface area (Å²) in [6.45, 7) is 0. The zero-order valence-electron chi connectivity index (χ0n) is 14.8. The van der Waals surface area contributed by atoms with E-state index < -0.39 is 0 Å². The fourth-order valence-corrected chi connectivity index (χ4v) is 3.67. The van der Waals surface area contributed by atoms with Gasteiger partial charge in [0, 0.05) is 28.0 Å². The van der Waals surface area contributed by atoms with E-state index in [1.807, 2.05) is 36.4 Å². The Morgan fingerprint density at radius 2 is 1.21 bits per heavy atom. The second-order valence-electron chi connectivity index (χ2n) is 6.81. The number of H-pyrrole nitrogens is 2. The van der Waals surface area contributed by atoms with Crippen LogP contribution in [0.5, 0.6) is 0 Å². The molecule has 2 N–H and O–H groups in total. The fraction of sp³-hybridized carbons (Fsp3) is 0. The minimum absolute atomic E-state index is 0.635. The normalized spacial score (nSPS) is 11.6. The van der Waals surface area contributed by atoms with E-state index in [-0.39, 0.29) is 0 Å². The SMILES string of the molecule is c1ccc2[nH]c(-c3nc4cccnc4nc3-c3cc4ccccc4[nH]3)cc2c1. The molecule has 0 aliphatic heterocycles. The van der Waals surface area contributed by atoms with E-state index in [0.29, 0.717) is 5.65 Å². The number of pyridine rings is 1. The van der Waals surface area contributed by atoms with E-state index in [1.54, 1.807) is 6.20 Å². The minimum atomic E-state index is 0.635. The van der Waals surface area contributed by atoms with Crippen molar-refractivity contribution in [3.8, 4) is 22.8 Å². The Kier molecular flexibility index (Phi) is 3.10. The van der Waals surface area contributed by atoms with Crippen LogP contribution in [0.4, 0.5) is 0 Å². The average Bonchev–Trinajstić information content (AvgIpc) is 3.36. The number of benzene rings is 2. The van der Waals surface area contributed by atoms with Crippen molar-refractivity contribution >= 4 is 33.0 Å². The Labute approximate surface area is 160 Å². The molecule has 0 saturated heterocycles. The van der Waals surface area contributed by atoms with E-state index in [2.05, 4.69) is 51.4 Å². The van der Waals surface area contributed by atoms with Crippen LogP contribution in [0, 0.1) is 0 Å². The molecule has 6 aromatic rings. The molecule has 0 saturated carbocycles. The van der Waals surface area contributed by atoms with Gasteiger partial charge in [-0.3, -0.25) is 0 Å². The number of hydrogen-bond donors (Lipinski definition) is 2. The number of fused-ring (bicyclic) bond motifs is 3. The lowest BCUT2D eigenvalue weighted by Gasteiger charge is -2.07. The predicted molar refractivity (Wildman–Crippen MR) is 112 cm³/mol. The monoisotopic (exact) mass is 361 g/mol. The number of aromatic amines is 2. The Morgan fingerprint density at radius 3 is 1.86 bits per heavy atom. The molecule has 0 radical (unpaired) electrons. The molecule has 6 rings (SSSR count). The maximum atomic E-state index is 4.91. The van der Waals surface area contributed by atoms with Crippen molar-refractivity contribution in [2.45, 2.75) is 0 Å². The third-order valence-electron chi connectivity index (χ3n) is 5.01. The molecule has 4 aromatic heterocycles. The van der Waals surface area contributed by atoms with Crippen LogP contribution in [0.1, 0.15) is 0 Å². The maximum absolute atomic E-state index is 4.91. The molecule has 0 spiro atoms. The quantitative estimate of drug-likeness (QED) is 0.438. The molecule has 0 fully saturated rings. The number of rotatable bonds is 2. The van der Waals surface area contributed by atoms with Gasteiger partial charge in [-0.15, -0.1) is 0 Å². The lowest BCUT2D eigenvalue weighted by atomic mass is 10.1. The smallest absolute Gasteiger partial charge is 0.178 e. The van der Waals surface area contributed by atoms with E-state index >= 15 is 0 Å². The lowest BCUT2D eigenvalue weighted by molar-refractivity contribution is 1.20. The van der Waals surface area contributed by atoms with E-state index in [9.17, 15) is 0 Å². The molecule has 4 heterocycles. The molecule has 5 heteroatoms. The molecule has 28 heavy (non-hydrogen) atoms. The zero-order chi connectivity index (χ0) is 18.5. The van der Waals surface area contributed by atoms with Crippen molar-refractivity contribution in [1.82, 2.24) is 24.9 Å². The first kappa shape index (κ1) is 15.1. The summed E-state index contributed by atoms with van der Waals surface area (Å²) in [6.07, 6.45) is 1.74. The standard InChI is InChI=1S/C23H15N5/c1-3-8-16-14(6-1)12-19(25-16)21-22(28-23-18(27-21)10-5-11-24-23)20-13-15-7-2-4-9-17(15)26-20/h1-13,25-26H. The van der Waals surface area contributed by atoms with Crippen molar-refractivity contribution in [1.29, 1.82) is 0 Å². The summed E-state index contributed by atoms with van der Waals surface area (Å²) in [5, 5.41) is 2.29. The van der Waals surface area contributed by atoms with Crippen LogP contribution in [-0.4, -0.2) is 24.9 Å². The first-order chi connectivity index (χ1) is 13.8. The van der Waals surface area contributed by atoms with Gasteiger partial charge in [0.05, 0.1) is 11.4 Å². The van der Waals surface area contributed by atoms with Gasteiger partial charge in [-0.1, -0.05) is 36.4 Å². The van der Waals surface area contributed by atoms with Gasteiger partial charge < -0.3 is 9.97 Å². The van der Waals surface area contributed by atoms with Gasteiger partial charge in [-0.25, -0.2) is 15.0 Å². The molecular weight excluding hydrogens is 346 g/mol. The second kappa shape index (κ2) is 5.76. The van der Waals surface area contributed by atoms with Gasteiger partial charge in [-0.05, 0) is 36.4 Å². The molecular formula is C23H15N5. The summed E-state index contributed by atoms with van der Waals surface area (Å²) in [6, 6.07) is 24.5. The van der Waals surface area contributed by atoms with E-state index in [4.69, 9.17) is 9.97 Å². The van der Waals surface area contributed by atoms with Crippen LogP contribution in [0.3, 0.4) is 0 Å². The van der Waals surface area contributed by atoms with E-state index in [0.717, 1.165) is 50.1 Å². The average molecular weight is 361 g/mol. The minimum Gasteiger partial charge on any atom is -0.353 e. The molecule has 0 aliphatic rings. The van der Waals surface area contributed by atoms with Crippen molar-refractivity contribution in [3.05, 3.63) is 79.0 Å². The maximum Gasteiger partial charge on any atom is 0.178 e. The Balaban J connectivity index is 1.67. The van der Waals surface area contributed by atoms with Crippen LogP contribution in [0.15, 0.2) is 79.0 Å². The molecule has 0 atom stereocenters. The van der Waals surface area contributed by atoms with Crippen molar-refractivity contribution in [3.63, 3.8) is 0 Å². The highest BCUT2D eigenvalue weighted by Crippen LogP contribution is 2.33. The summed E-state index contributed by atoms with van der Waals surface area (Å²) in [5.41, 5.74) is 7.02. The van der Waals surface area contributed by atoms with E-state index in [1.165, 1.54) is 0 Å². The first-order valence-corrected chi connectivity index (χ1v) is 9.14. The second-order valence-corrected chi connectivity index (χ2v) is 6.81. The third kappa shape index (κ3) is 2.30. The predicted octanol–water partition coefficient (Wildman–Crippen LogP) is 5.32. The fourth-order valence-electron chi connectivity index (χ4n) is 3.67. The lowest BCUT2D eigenvalue weighted by Crippen LogP contribution is -1.97. The van der Waals surface area contributed by atoms with Gasteiger partial charge in [0.1, 0.15) is 16.9 Å². The van der Waals surface area contributed by atoms with Gasteiger partial charge in [0.2, 0.25) is 0 Å². The van der Waals surface area contributed by atoms with Gasteiger partial charge in [0.25, 0.3) is 0 Å². The number of para-hydroxylation sites is 2. The van der Waals surface area contributed by atoms with Crippen LogP contribution >= 0.6 is 0 Å². The van der Waals surface area contributed by atoms with Gasteiger partial charge in [0.15, 0.2) is 5.65 Å². The highest BCUT2D eigenvalue weighted by atomic mass is 14.9. The Bertz CT molecular complexity index is 1300. The summed E-state index contributed by atoms with van der Waals surface area (Å²) in [5.74, 6) is 0. The largest absolute Gasteiger partial charge is 0.353 e. The number of nitrogens with zero attached hydrogens (tertiary/aromatic N) is 3. The van der Waals surface area contributed by atoms with Crippen LogP contribution < -0.4 is 0 Å². The summed E-state index contributed by atoms with van der Waals surface area (Å²) >= 11 is 0. The van der Waals surface area contributed by atoms with Crippen LogP contribution in [0.25, 0.3) is 55.7 Å². The first-order valence-electron chi connectivity index (χ1n) is 9.14. The van der Waals surface area contributed by atoms with Crippen LogP contribution in [-0.2, 0) is 0 Å². The van der Waals surface area contributed by atoms with Crippen molar-refractivity contribution in [2.24, 2.45) is 0 Å². The summed E-state index contributed by atoms with van der Waals surface area (Å²) < 4.78 is 0. The number of nitrogens with one attached hydrogen (secondary N) is 2. The molecule has 0 amide bonds. The van der Waals surface area contributed by atoms with Crippen LogP contribution in [0.2, 0.25) is 0 Å². The molecule has 132 valence electrons. The summed E-state index contributed by atoms with van der Waals surface area (Å²) in [4.78, 5) is 21.1. The van der Waals surface area contributed by atoms with Gasteiger partial charge >= 0.3 is 0 Å². The topological polar surface area (TPSA) is 70.2 Å². The number of aromatic nitrogens is 5. The molecule has 0 bridgehead atoms. The number of hydrogen-bond acceptors (Lipinski definition) is 3. The van der Waals surface area contributed by atoms with Gasteiger partial charge in [-0.2, -0.15) is 0 Å². The third-order valence-corrected chi connectivity index (χ3v) is 5.01. The van der Waals surface area contributed by atoms with Crippen molar-refractivity contribution < 1.29 is 0 Å². The molecule has 5 nitrogen and oxygen atoms in total. The zero-order valence-corrected chi connectivity index (χ0v) is 14.8. The van der Waals surface area contributed by atoms with Crippen molar-refractivity contribution in [2.75, 3.05) is 0 Å². The Hall–Kier alpha value is -3.99. The molecule has 0 unspecified atom stereocenters. The molecule has 2 aromatic carbocycles. The molecule has 0 aliphatic carbocycles. The highest BCUT2D eigenvalue weighted by Gasteiger charge is 2.17. The highest BCUT2D eigenvalue weighted by molar-refractivity contribution is 5.92. The Morgan fingerprint density at radius 1 is 0.607 bits per heavy atom.